The summed E-state index contributed by atoms with van der Waals surface area (Å²) in [5.41, 5.74) is 1.04. The summed E-state index contributed by atoms with van der Waals surface area (Å²) >= 11 is 6.65. The molecule has 190 valence electrons. The molecule has 1 saturated heterocycles. The van der Waals surface area contributed by atoms with Crippen molar-refractivity contribution in [1.82, 2.24) is 14.8 Å². The van der Waals surface area contributed by atoms with Crippen molar-refractivity contribution >= 4 is 29.2 Å². The van der Waals surface area contributed by atoms with Crippen LogP contribution in [0.25, 0.3) is 11.3 Å². The number of amides is 1. The van der Waals surface area contributed by atoms with Gasteiger partial charge in [-0.25, -0.2) is 9.37 Å². The van der Waals surface area contributed by atoms with Gasteiger partial charge in [0.1, 0.15) is 11.6 Å². The van der Waals surface area contributed by atoms with Gasteiger partial charge in [0.15, 0.2) is 5.84 Å². The predicted molar refractivity (Wildman–Crippen MR) is 142 cm³/mol. The van der Waals surface area contributed by atoms with Crippen molar-refractivity contribution in [3.05, 3.63) is 59.4 Å². The summed E-state index contributed by atoms with van der Waals surface area (Å²) in [6.45, 7) is 15.2. The van der Waals surface area contributed by atoms with Crippen LogP contribution >= 0.6 is 11.6 Å². The number of carbonyl (C=O) groups is 1. The van der Waals surface area contributed by atoms with Crippen molar-refractivity contribution in [2.24, 2.45) is 10.4 Å². The van der Waals surface area contributed by atoms with Gasteiger partial charge in [-0.05, 0) is 43.5 Å². The Morgan fingerprint density at radius 2 is 1.94 bits per heavy atom. The minimum atomic E-state index is -0.433. The summed E-state index contributed by atoms with van der Waals surface area (Å²) in [6.07, 6.45) is 3.22. The lowest BCUT2D eigenvalue weighted by atomic mass is 9.97. The first-order valence-electron chi connectivity index (χ1n) is 11.8. The van der Waals surface area contributed by atoms with Gasteiger partial charge in [0.05, 0.1) is 16.3 Å². The van der Waals surface area contributed by atoms with Gasteiger partial charge in [0, 0.05) is 37.3 Å². The number of carbonyl (C=O) groups excluding carboxylic acids is 1. The zero-order chi connectivity index (χ0) is 26.6. The smallest absolute Gasteiger partial charge is 0.246 e. The third-order valence-electron chi connectivity index (χ3n) is 6.00. The zero-order valence-corrected chi connectivity index (χ0v) is 22.1. The van der Waals surface area contributed by atoms with Gasteiger partial charge in [0.2, 0.25) is 12.1 Å². The van der Waals surface area contributed by atoms with Gasteiger partial charge in [0.25, 0.3) is 0 Å². The Labute approximate surface area is 217 Å². The highest BCUT2D eigenvalue weighted by Gasteiger charge is 2.34. The van der Waals surface area contributed by atoms with Crippen LogP contribution in [-0.2, 0) is 4.79 Å². The van der Waals surface area contributed by atoms with Gasteiger partial charge < -0.3 is 15.1 Å². The molecule has 7 nitrogen and oxygen atoms in total. The molecule has 0 bridgehead atoms. The predicted octanol–water partition coefficient (Wildman–Crippen LogP) is 5.33. The zero-order valence-electron chi connectivity index (χ0n) is 21.3. The van der Waals surface area contributed by atoms with E-state index in [0.29, 0.717) is 42.5 Å². The molecule has 36 heavy (non-hydrogen) atoms. The second-order valence-electron chi connectivity index (χ2n) is 10.2. The first kappa shape index (κ1) is 27.2. The number of piperazine rings is 1. The molecule has 3 rings (SSSR count). The van der Waals surface area contributed by atoms with E-state index in [1.54, 1.807) is 29.2 Å². The molecule has 1 aliphatic heterocycles. The number of nitriles is 1. The number of hydrogen-bond acceptors (Lipinski definition) is 5. The summed E-state index contributed by atoms with van der Waals surface area (Å²) in [5, 5.41) is 13.2. The number of nitrogens with one attached hydrogen (secondary N) is 1. The Morgan fingerprint density at radius 3 is 2.56 bits per heavy atom. The van der Waals surface area contributed by atoms with Crippen molar-refractivity contribution in [3.63, 3.8) is 0 Å². The largest absolute Gasteiger partial charge is 0.369 e. The monoisotopic (exact) mass is 510 g/mol. The summed E-state index contributed by atoms with van der Waals surface area (Å²) in [6, 6.07) is 7.72. The molecule has 1 aliphatic rings. The van der Waals surface area contributed by atoms with Gasteiger partial charge in [-0.15, -0.1) is 0 Å². The lowest BCUT2D eigenvalue weighted by Crippen LogP contribution is -2.59. The molecule has 0 unspecified atom stereocenters. The standard InChI is InChI=1S/C27H32ClFN6O/c1-7-23(36)34-13-18(3)35(14-17(34)2)26(32-16-30)20-12-21(28)24(19-10-8-9-11-22(19)29)33-25(20)31-15-27(4,5)6/h7-12,17-18H,1,13-15H2,2-6H3,(H,31,33)/b32-26+/t17-,18+/m1/s1. The SMILES string of the molecule is C=CC(=O)N1C[C@H](C)N(/C(=N/C#N)c2cc(Cl)c(-c3ccccc3F)nc2NCC(C)(C)C)C[C@H]1C. The van der Waals surface area contributed by atoms with Crippen LogP contribution in [0.2, 0.25) is 5.02 Å². The maximum Gasteiger partial charge on any atom is 0.246 e. The maximum absolute atomic E-state index is 14.6. The highest BCUT2D eigenvalue weighted by molar-refractivity contribution is 6.33. The quantitative estimate of drug-likeness (QED) is 0.254. The van der Waals surface area contributed by atoms with Gasteiger partial charge >= 0.3 is 0 Å². The molecule has 2 atom stereocenters. The Kier molecular flexibility index (Phi) is 8.36. The first-order chi connectivity index (χ1) is 17.0. The highest BCUT2D eigenvalue weighted by atomic mass is 35.5. The molecule has 1 N–H and O–H groups in total. The minimum absolute atomic E-state index is 0.0816. The number of amidine groups is 1. The summed E-state index contributed by atoms with van der Waals surface area (Å²) in [5.74, 6) is 0.275. The number of rotatable bonds is 5. The van der Waals surface area contributed by atoms with Crippen molar-refractivity contribution in [1.29, 1.82) is 5.26 Å². The molecule has 0 aliphatic carbocycles. The average Bonchev–Trinajstić information content (AvgIpc) is 2.82. The Bertz CT molecular complexity index is 1220. The fourth-order valence-electron chi connectivity index (χ4n) is 4.16. The number of aromatic nitrogens is 1. The van der Waals surface area contributed by atoms with E-state index in [1.165, 1.54) is 12.1 Å². The molecular weight excluding hydrogens is 479 g/mol. The second kappa shape index (κ2) is 11.1. The van der Waals surface area contributed by atoms with E-state index in [-0.39, 0.29) is 34.0 Å². The molecule has 1 aromatic carbocycles. The van der Waals surface area contributed by atoms with E-state index < -0.39 is 5.82 Å². The third-order valence-corrected chi connectivity index (χ3v) is 6.29. The van der Waals surface area contributed by atoms with E-state index in [2.05, 4.69) is 37.7 Å². The number of nitrogens with zero attached hydrogens (tertiary/aromatic N) is 5. The molecular formula is C27H32ClFN6O. The van der Waals surface area contributed by atoms with Crippen LogP contribution in [0.1, 0.15) is 40.2 Å². The van der Waals surface area contributed by atoms with Crippen molar-refractivity contribution in [2.75, 3.05) is 25.0 Å². The van der Waals surface area contributed by atoms with E-state index in [9.17, 15) is 14.4 Å². The number of aliphatic imine (C=N–C) groups is 1. The number of anilines is 1. The molecule has 1 fully saturated rings. The van der Waals surface area contributed by atoms with Crippen LogP contribution in [-0.4, -0.2) is 58.2 Å². The molecule has 2 aromatic rings. The topological polar surface area (TPSA) is 84.6 Å². The van der Waals surface area contributed by atoms with Crippen molar-refractivity contribution < 1.29 is 9.18 Å². The lowest BCUT2D eigenvalue weighted by Gasteiger charge is -2.45. The summed E-state index contributed by atoms with van der Waals surface area (Å²) < 4.78 is 14.6. The highest BCUT2D eigenvalue weighted by Crippen LogP contribution is 2.33. The average molecular weight is 511 g/mol. The minimum Gasteiger partial charge on any atom is -0.369 e. The third kappa shape index (κ3) is 6.03. The second-order valence-corrected chi connectivity index (χ2v) is 10.6. The molecule has 0 radical (unpaired) electrons. The Morgan fingerprint density at radius 1 is 1.31 bits per heavy atom. The summed E-state index contributed by atoms with van der Waals surface area (Å²) in [7, 11) is 0. The van der Waals surface area contributed by atoms with Gasteiger partial charge in [-0.1, -0.05) is 51.1 Å². The Hall–Kier alpha value is -3.44. The summed E-state index contributed by atoms with van der Waals surface area (Å²) in [4.78, 5) is 24.9. The van der Waals surface area contributed by atoms with Crippen LogP contribution in [0.3, 0.4) is 0 Å². The van der Waals surface area contributed by atoms with Crippen molar-refractivity contribution in [3.8, 4) is 17.5 Å². The van der Waals surface area contributed by atoms with E-state index in [0.717, 1.165) is 0 Å². The van der Waals surface area contributed by atoms with Crippen LogP contribution in [0.15, 0.2) is 48.0 Å². The number of halogens is 2. The van der Waals surface area contributed by atoms with Crippen LogP contribution in [0.5, 0.6) is 0 Å². The molecule has 0 spiro atoms. The van der Waals surface area contributed by atoms with Crippen LogP contribution in [0.4, 0.5) is 10.2 Å². The van der Waals surface area contributed by atoms with E-state index >= 15 is 0 Å². The lowest BCUT2D eigenvalue weighted by molar-refractivity contribution is -0.130. The van der Waals surface area contributed by atoms with Gasteiger partial charge in [-0.3, -0.25) is 4.79 Å². The maximum atomic E-state index is 14.6. The Balaban J connectivity index is 2.12. The normalized spacial score (nSPS) is 18.6. The van der Waals surface area contributed by atoms with Gasteiger partial charge in [-0.2, -0.15) is 10.3 Å². The first-order valence-corrected chi connectivity index (χ1v) is 12.2. The molecule has 1 aromatic heterocycles. The fraction of sp³-hybridized carbons (Fsp3) is 0.407. The van der Waals surface area contributed by atoms with E-state index in [4.69, 9.17) is 16.6 Å². The molecule has 9 heteroatoms. The van der Waals surface area contributed by atoms with Crippen LogP contribution in [0, 0.1) is 22.7 Å². The molecule has 2 heterocycles. The van der Waals surface area contributed by atoms with Crippen LogP contribution < -0.4 is 5.32 Å². The van der Waals surface area contributed by atoms with Crippen molar-refractivity contribution in [2.45, 2.75) is 46.7 Å². The van der Waals surface area contributed by atoms with E-state index in [1.807, 2.05) is 24.9 Å². The number of hydrogen-bond donors (Lipinski definition) is 1. The number of pyridine rings is 1. The number of benzene rings is 1. The molecule has 1 amide bonds. The fourth-order valence-corrected chi connectivity index (χ4v) is 4.41. The molecule has 0 saturated carbocycles.